The van der Waals surface area contributed by atoms with Crippen LogP contribution in [-0.2, 0) is 23.8 Å². The Morgan fingerprint density at radius 2 is 0.896 bits per heavy atom. The molecule has 11 heteroatoms. The van der Waals surface area contributed by atoms with Crippen LogP contribution in [0.5, 0.6) is 0 Å². The van der Waals surface area contributed by atoms with Crippen molar-refractivity contribution in [2.45, 2.75) is 333 Å². The first-order chi connectivity index (χ1) is 37.7. The van der Waals surface area contributed by atoms with Crippen LogP contribution in [0.25, 0.3) is 0 Å². The molecule has 0 spiro atoms. The van der Waals surface area contributed by atoms with E-state index in [0.29, 0.717) is 12.8 Å². The van der Waals surface area contributed by atoms with Crippen molar-refractivity contribution in [3.05, 3.63) is 60.8 Å². The summed E-state index contributed by atoms with van der Waals surface area (Å²) in [4.78, 5) is 26.6. The smallest absolute Gasteiger partial charge is 0.306 e. The van der Waals surface area contributed by atoms with E-state index in [1.807, 2.05) is 6.08 Å². The molecule has 1 saturated heterocycles. The Bertz CT molecular complexity index is 1480. The van der Waals surface area contributed by atoms with Gasteiger partial charge in [0.25, 0.3) is 0 Å². The number of unbranched alkanes of at least 4 members (excludes halogenated alkanes) is 32. The second-order valence-electron chi connectivity index (χ2n) is 22.1. The van der Waals surface area contributed by atoms with E-state index in [-0.39, 0.29) is 19.4 Å². The monoisotopic (exact) mass is 1090 g/mol. The van der Waals surface area contributed by atoms with Crippen LogP contribution >= 0.6 is 0 Å². The standard InChI is InChI=1S/C66H119NO10/c1-4-7-10-13-16-19-22-24-26-28-29-30-31-32-34-36-39-42-45-48-51-54-61(71)77-64-63(73)62(72)60(55-68)76-66(64)75-56-57(58(69)52-49-46-43-40-37-21-18-15-12-9-6-3)67-65(74)59(70)53-50-47-44-41-38-35-33-27-25-23-20-17-14-11-8-5-2/h16-17,19-20,24-27,49,52,57-60,62-64,66,68-70,72-73H,4-15,18,21-23,28-48,50-51,53-56H2,1-3H3,(H,67,74)/b19-16-,20-17-,26-24-,27-25-,52-49+. The number of hydrogen-bond acceptors (Lipinski definition) is 10. The molecular weight excluding hydrogens is 967 g/mol. The van der Waals surface area contributed by atoms with Gasteiger partial charge >= 0.3 is 5.97 Å². The Morgan fingerprint density at radius 1 is 0.506 bits per heavy atom. The summed E-state index contributed by atoms with van der Waals surface area (Å²) in [5, 5.41) is 57.0. The molecular formula is C66H119NO10. The molecule has 1 fully saturated rings. The SMILES string of the molecule is CCCCC/C=C\C/C=C\CCCCCCCCCCCCCC(=O)OC1C(OCC(NC(=O)C(O)CCCCCCCC/C=C\C/C=C\CCCCC)C(O)/C=C/CCCCCCCCCCC)OC(CO)C(O)C1O. The molecule has 11 nitrogen and oxygen atoms in total. The zero-order chi connectivity index (χ0) is 56.1. The van der Waals surface area contributed by atoms with Gasteiger partial charge in [-0.15, -0.1) is 0 Å². The van der Waals surface area contributed by atoms with Crippen molar-refractivity contribution in [1.29, 1.82) is 0 Å². The summed E-state index contributed by atoms with van der Waals surface area (Å²) in [6, 6.07) is -1.03. The van der Waals surface area contributed by atoms with Crippen molar-refractivity contribution < 1.29 is 49.3 Å². The third kappa shape index (κ3) is 42.0. The summed E-state index contributed by atoms with van der Waals surface area (Å²) in [5.41, 5.74) is 0. The summed E-state index contributed by atoms with van der Waals surface area (Å²) in [7, 11) is 0. The number of allylic oxidation sites excluding steroid dienone is 9. The Kier molecular flexibility index (Phi) is 50.7. The molecule has 6 N–H and O–H groups in total. The molecule has 0 saturated carbocycles. The summed E-state index contributed by atoms with van der Waals surface area (Å²) in [5.74, 6) is -1.20. The van der Waals surface area contributed by atoms with Gasteiger partial charge in [-0.05, 0) is 89.9 Å². The third-order valence-electron chi connectivity index (χ3n) is 14.9. The molecule has 1 rings (SSSR count). The van der Waals surface area contributed by atoms with E-state index in [2.05, 4.69) is 74.7 Å². The molecule has 1 aliphatic rings. The maximum atomic E-state index is 13.4. The minimum Gasteiger partial charge on any atom is -0.454 e. The number of amides is 1. The molecule has 0 aromatic heterocycles. The molecule has 0 bridgehead atoms. The van der Waals surface area contributed by atoms with Gasteiger partial charge < -0.3 is 45.1 Å². The fourth-order valence-corrected chi connectivity index (χ4v) is 9.77. The van der Waals surface area contributed by atoms with E-state index in [9.17, 15) is 35.1 Å². The van der Waals surface area contributed by atoms with Gasteiger partial charge in [0.1, 0.15) is 24.4 Å². The van der Waals surface area contributed by atoms with Crippen molar-refractivity contribution >= 4 is 11.9 Å². The van der Waals surface area contributed by atoms with Crippen LogP contribution in [0.4, 0.5) is 0 Å². The maximum Gasteiger partial charge on any atom is 0.306 e. The largest absolute Gasteiger partial charge is 0.454 e. The zero-order valence-electron chi connectivity index (χ0n) is 49.6. The number of ether oxygens (including phenoxy) is 3. The topological polar surface area (TPSA) is 175 Å². The van der Waals surface area contributed by atoms with E-state index in [4.69, 9.17) is 14.2 Å². The van der Waals surface area contributed by atoms with Crippen LogP contribution in [0, 0.1) is 0 Å². The number of carbonyl (C=O) groups excluding carboxylic acids is 2. The molecule has 1 heterocycles. The lowest BCUT2D eigenvalue weighted by molar-refractivity contribution is -0.305. The van der Waals surface area contributed by atoms with Crippen LogP contribution in [-0.4, -0.2) is 99.6 Å². The Labute approximate surface area is 471 Å². The number of aliphatic hydroxyl groups is 5. The van der Waals surface area contributed by atoms with E-state index in [0.717, 1.165) is 89.9 Å². The molecule has 8 unspecified atom stereocenters. The molecule has 0 aromatic carbocycles. The Morgan fingerprint density at radius 3 is 1.35 bits per heavy atom. The highest BCUT2D eigenvalue weighted by atomic mass is 16.7. The Balaban J connectivity index is 2.63. The van der Waals surface area contributed by atoms with Crippen molar-refractivity contribution in [3.63, 3.8) is 0 Å². The predicted octanol–water partition coefficient (Wildman–Crippen LogP) is 15.4. The number of nitrogens with one attached hydrogen (secondary N) is 1. The summed E-state index contributed by atoms with van der Waals surface area (Å²) < 4.78 is 17.6. The van der Waals surface area contributed by atoms with Crippen LogP contribution in [0.1, 0.15) is 284 Å². The fraction of sp³-hybridized carbons (Fsp3) is 0.818. The molecule has 0 radical (unpaired) electrons. The molecule has 0 aliphatic carbocycles. The second kappa shape index (κ2) is 54.0. The van der Waals surface area contributed by atoms with E-state index >= 15 is 0 Å². The van der Waals surface area contributed by atoms with Crippen LogP contribution in [0.3, 0.4) is 0 Å². The van der Waals surface area contributed by atoms with Gasteiger partial charge in [-0.1, -0.05) is 248 Å². The van der Waals surface area contributed by atoms with Gasteiger partial charge in [0, 0.05) is 6.42 Å². The highest BCUT2D eigenvalue weighted by Gasteiger charge is 2.47. The highest BCUT2D eigenvalue weighted by molar-refractivity contribution is 5.80. The summed E-state index contributed by atoms with van der Waals surface area (Å²) >= 11 is 0. The van der Waals surface area contributed by atoms with Gasteiger partial charge in [0.2, 0.25) is 5.91 Å². The van der Waals surface area contributed by atoms with Crippen LogP contribution in [0.2, 0.25) is 0 Å². The van der Waals surface area contributed by atoms with E-state index in [1.165, 1.54) is 148 Å². The van der Waals surface area contributed by atoms with E-state index < -0.39 is 67.4 Å². The lowest BCUT2D eigenvalue weighted by Gasteiger charge is -2.41. The average Bonchev–Trinajstić information content (AvgIpc) is 3.43. The summed E-state index contributed by atoms with van der Waals surface area (Å²) in [6.07, 6.45) is 56.8. The fourth-order valence-electron chi connectivity index (χ4n) is 9.77. The average molecular weight is 1090 g/mol. The van der Waals surface area contributed by atoms with Crippen molar-refractivity contribution in [1.82, 2.24) is 5.32 Å². The predicted molar refractivity (Wildman–Crippen MR) is 320 cm³/mol. The van der Waals surface area contributed by atoms with Gasteiger partial charge in [0.05, 0.1) is 25.4 Å². The maximum absolute atomic E-state index is 13.4. The number of hydrogen-bond donors (Lipinski definition) is 6. The molecule has 8 atom stereocenters. The lowest BCUT2D eigenvalue weighted by atomic mass is 9.99. The first-order valence-corrected chi connectivity index (χ1v) is 32.1. The van der Waals surface area contributed by atoms with Crippen molar-refractivity contribution in [2.75, 3.05) is 13.2 Å². The van der Waals surface area contributed by atoms with E-state index in [1.54, 1.807) is 6.08 Å². The summed E-state index contributed by atoms with van der Waals surface area (Å²) in [6.45, 7) is 5.74. The zero-order valence-corrected chi connectivity index (χ0v) is 49.6. The number of aliphatic hydroxyl groups excluding tert-OH is 5. The number of esters is 1. The number of rotatable bonds is 54. The second-order valence-corrected chi connectivity index (χ2v) is 22.1. The molecule has 1 amide bonds. The van der Waals surface area contributed by atoms with Crippen molar-refractivity contribution in [3.8, 4) is 0 Å². The third-order valence-corrected chi connectivity index (χ3v) is 14.9. The minimum atomic E-state index is -1.62. The first-order valence-electron chi connectivity index (χ1n) is 32.1. The van der Waals surface area contributed by atoms with Gasteiger partial charge in [-0.3, -0.25) is 9.59 Å². The molecule has 448 valence electrons. The normalized spacial score (nSPS) is 19.4. The molecule has 77 heavy (non-hydrogen) atoms. The van der Waals surface area contributed by atoms with Gasteiger partial charge in [-0.2, -0.15) is 0 Å². The van der Waals surface area contributed by atoms with Crippen LogP contribution < -0.4 is 5.32 Å². The van der Waals surface area contributed by atoms with Gasteiger partial charge in [0.15, 0.2) is 12.4 Å². The number of carbonyl (C=O) groups is 2. The van der Waals surface area contributed by atoms with Crippen molar-refractivity contribution in [2.24, 2.45) is 0 Å². The minimum absolute atomic E-state index is 0.120. The first kappa shape index (κ1) is 72.4. The highest BCUT2D eigenvalue weighted by Crippen LogP contribution is 2.26. The quantitative estimate of drug-likeness (QED) is 0.0195. The van der Waals surface area contributed by atoms with Gasteiger partial charge in [-0.25, -0.2) is 0 Å². The van der Waals surface area contributed by atoms with Crippen LogP contribution in [0.15, 0.2) is 60.8 Å². The molecule has 0 aromatic rings. The Hall–Kier alpha value is -2.64. The lowest BCUT2D eigenvalue weighted by Crippen LogP contribution is -2.61. The molecule has 1 aliphatic heterocycles.